The molecule has 0 aliphatic heterocycles. The molecule has 42 heavy (non-hydrogen) atoms. The number of aromatic nitrogens is 3. The molecule has 4 aromatic carbocycles. The fourth-order valence-electron chi connectivity index (χ4n) is 5.79. The first-order valence-corrected chi connectivity index (χ1v) is 14.2. The minimum atomic E-state index is 0.470. The van der Waals surface area contributed by atoms with Gasteiger partial charge in [0.1, 0.15) is 5.69 Å². The predicted molar refractivity (Wildman–Crippen MR) is 170 cm³/mol. The fourth-order valence-corrected chi connectivity index (χ4v) is 5.79. The molecule has 2 atom stereocenters. The zero-order valence-corrected chi connectivity index (χ0v) is 24.5. The summed E-state index contributed by atoms with van der Waals surface area (Å²) in [5.74, 6) is 7.59. The maximum absolute atomic E-state index is 7.33. The molecular weight excluding hydrogens is 516 g/mol. The Kier molecular flexibility index (Phi) is 8.82. The van der Waals surface area contributed by atoms with Crippen LogP contribution >= 0.6 is 0 Å². The van der Waals surface area contributed by atoms with Crippen LogP contribution in [-0.2, 0) is 19.9 Å². The van der Waals surface area contributed by atoms with E-state index < -0.39 is 0 Å². The summed E-state index contributed by atoms with van der Waals surface area (Å²) in [6, 6.07) is 34.1. The summed E-state index contributed by atoms with van der Waals surface area (Å²) in [4.78, 5) is 2.36. The Morgan fingerprint density at radius 2 is 1.26 bits per heavy atom. The van der Waals surface area contributed by atoms with E-state index in [9.17, 15) is 0 Å². The van der Waals surface area contributed by atoms with E-state index in [1.54, 1.807) is 0 Å². The maximum Gasteiger partial charge on any atom is 0.121 e. The highest BCUT2D eigenvalue weighted by molar-refractivity contribution is 5.82. The first-order chi connectivity index (χ1) is 20.5. The van der Waals surface area contributed by atoms with Gasteiger partial charge in [0.15, 0.2) is 0 Å². The van der Waals surface area contributed by atoms with Gasteiger partial charge in [0.25, 0.3) is 0 Å². The Labute approximate surface area is 247 Å². The largest absolute Gasteiger partial charge is 0.247 e. The summed E-state index contributed by atoms with van der Waals surface area (Å²) >= 11 is 0. The standard InChI is InChI=1S/C18H17N3.C17H14.CH3N3/c1-12-11-13-7-3-4-9-15(13)18-17(19-20-21(18)2)16-10-6-5-8-14(12)16;1-13-12-16-8-3-2-6-14(16)10-11-15-7-4-5-9-17(13)15;1-3-4-2/h3-10,12H,11H2,1-2H3;2-9,13H,12H2,1H3;1H3. The van der Waals surface area contributed by atoms with Crippen molar-refractivity contribution in [3.8, 4) is 34.4 Å². The van der Waals surface area contributed by atoms with Crippen molar-refractivity contribution in [3.63, 3.8) is 0 Å². The summed E-state index contributed by atoms with van der Waals surface area (Å²) in [6.07, 6.45) is 2.11. The second-order valence-corrected chi connectivity index (χ2v) is 10.6. The molecule has 7 rings (SSSR count). The molecule has 1 aromatic heterocycles. The van der Waals surface area contributed by atoms with Crippen molar-refractivity contribution < 1.29 is 0 Å². The van der Waals surface area contributed by atoms with Crippen LogP contribution in [-0.4, -0.2) is 22.0 Å². The van der Waals surface area contributed by atoms with Crippen LogP contribution in [0.3, 0.4) is 0 Å². The highest BCUT2D eigenvalue weighted by Crippen LogP contribution is 2.40. The molecule has 2 aliphatic carbocycles. The monoisotopic (exact) mass is 550 g/mol. The van der Waals surface area contributed by atoms with Crippen molar-refractivity contribution in [3.05, 3.63) is 141 Å². The van der Waals surface area contributed by atoms with Gasteiger partial charge in [0, 0.05) is 41.3 Å². The summed E-state index contributed by atoms with van der Waals surface area (Å²) in [5.41, 5.74) is 19.7. The predicted octanol–water partition coefficient (Wildman–Crippen LogP) is 8.48. The lowest BCUT2D eigenvalue weighted by Crippen LogP contribution is -2.07. The maximum atomic E-state index is 7.33. The minimum absolute atomic E-state index is 0.470. The summed E-state index contributed by atoms with van der Waals surface area (Å²) in [6.45, 7) is 4.57. The number of aryl methyl sites for hydroxylation is 1. The number of nitrogens with zero attached hydrogens (tertiary/aromatic N) is 6. The lowest BCUT2D eigenvalue weighted by atomic mass is 9.83. The zero-order chi connectivity index (χ0) is 29.5. The molecule has 0 fully saturated rings. The molecule has 208 valence electrons. The molecule has 2 unspecified atom stereocenters. The smallest absolute Gasteiger partial charge is 0.121 e. The topological polar surface area (TPSA) is 79.5 Å². The number of fused-ring (bicyclic) bond motifs is 7. The Balaban J connectivity index is 0.000000152. The third-order valence-electron chi connectivity index (χ3n) is 7.83. The number of hydrogen-bond acceptors (Lipinski definition) is 3. The van der Waals surface area contributed by atoms with Gasteiger partial charge in [-0.25, -0.2) is 4.68 Å². The number of hydrogen-bond donors (Lipinski definition) is 0. The van der Waals surface area contributed by atoms with Gasteiger partial charge in [-0.2, -0.15) is 0 Å². The minimum Gasteiger partial charge on any atom is -0.247 e. The van der Waals surface area contributed by atoms with Crippen LogP contribution in [0.5, 0.6) is 0 Å². The SMILES string of the molecule is CC1Cc2ccccc2-c2c(nnn2C)-c2ccccc21.CC1Cc2ccccc2C#Cc2ccccc21.CN=[N+]=[N-]. The first kappa shape index (κ1) is 28.4. The molecule has 1 heterocycles. The molecule has 0 saturated heterocycles. The number of benzene rings is 4. The van der Waals surface area contributed by atoms with E-state index >= 15 is 0 Å². The van der Waals surface area contributed by atoms with Crippen LogP contribution in [0.25, 0.3) is 33.0 Å². The summed E-state index contributed by atoms with van der Waals surface area (Å²) in [5, 5.41) is 11.6. The van der Waals surface area contributed by atoms with Crippen LogP contribution in [0.4, 0.5) is 0 Å². The molecule has 0 bridgehead atoms. The van der Waals surface area contributed by atoms with Gasteiger partial charge in [-0.05, 0) is 64.6 Å². The lowest BCUT2D eigenvalue weighted by molar-refractivity contribution is 0.719. The average Bonchev–Trinajstić information content (AvgIpc) is 3.40. The molecule has 6 heteroatoms. The van der Waals surface area contributed by atoms with Crippen LogP contribution in [0, 0.1) is 11.8 Å². The molecule has 0 spiro atoms. The molecule has 0 radical (unpaired) electrons. The van der Waals surface area contributed by atoms with E-state index in [1.807, 2.05) is 11.7 Å². The van der Waals surface area contributed by atoms with E-state index in [-0.39, 0.29) is 0 Å². The lowest BCUT2D eigenvalue weighted by Gasteiger charge is -2.21. The van der Waals surface area contributed by atoms with Crippen molar-refractivity contribution in [1.82, 2.24) is 15.0 Å². The fraction of sp³-hybridized carbons (Fsp3) is 0.222. The van der Waals surface area contributed by atoms with E-state index in [4.69, 9.17) is 5.53 Å². The Morgan fingerprint density at radius 3 is 2.00 bits per heavy atom. The summed E-state index contributed by atoms with van der Waals surface area (Å²) in [7, 11) is 3.36. The van der Waals surface area contributed by atoms with Gasteiger partial charge in [-0.3, -0.25) is 0 Å². The Hall–Kier alpha value is -5.11. The van der Waals surface area contributed by atoms with E-state index in [2.05, 4.69) is 143 Å². The Bertz CT molecular complexity index is 1820. The van der Waals surface area contributed by atoms with Gasteiger partial charge < -0.3 is 0 Å². The highest BCUT2D eigenvalue weighted by atomic mass is 15.4. The van der Waals surface area contributed by atoms with Crippen LogP contribution in [0.1, 0.15) is 59.1 Å². The third kappa shape index (κ3) is 5.98. The molecule has 0 saturated carbocycles. The van der Waals surface area contributed by atoms with Gasteiger partial charge in [0.2, 0.25) is 0 Å². The molecular formula is C36H34N6. The van der Waals surface area contributed by atoms with Crippen LogP contribution in [0.2, 0.25) is 0 Å². The van der Waals surface area contributed by atoms with Gasteiger partial charge in [-0.15, -0.1) is 5.10 Å². The van der Waals surface area contributed by atoms with Gasteiger partial charge in [0.05, 0.1) is 5.69 Å². The molecule has 2 aliphatic rings. The number of rotatable bonds is 0. The van der Waals surface area contributed by atoms with Gasteiger partial charge in [-0.1, -0.05) is 121 Å². The van der Waals surface area contributed by atoms with Crippen molar-refractivity contribution in [2.75, 3.05) is 7.05 Å². The van der Waals surface area contributed by atoms with Crippen molar-refractivity contribution in [2.45, 2.75) is 38.5 Å². The van der Waals surface area contributed by atoms with E-state index in [0.717, 1.165) is 24.2 Å². The first-order valence-electron chi connectivity index (χ1n) is 14.2. The third-order valence-corrected chi connectivity index (χ3v) is 7.83. The highest BCUT2D eigenvalue weighted by Gasteiger charge is 2.24. The van der Waals surface area contributed by atoms with Crippen molar-refractivity contribution in [2.24, 2.45) is 12.2 Å². The molecule has 5 aromatic rings. The molecule has 0 amide bonds. The molecule has 6 nitrogen and oxygen atoms in total. The molecule has 0 N–H and O–H groups in total. The second kappa shape index (κ2) is 13.0. The zero-order valence-electron chi connectivity index (χ0n) is 24.5. The van der Waals surface area contributed by atoms with Crippen molar-refractivity contribution in [1.29, 1.82) is 0 Å². The summed E-state index contributed by atoms with van der Waals surface area (Å²) < 4.78 is 1.89. The van der Waals surface area contributed by atoms with Crippen molar-refractivity contribution >= 4 is 0 Å². The number of azide groups is 1. The van der Waals surface area contributed by atoms with Crippen LogP contribution in [0.15, 0.2) is 102 Å². The Morgan fingerprint density at radius 1 is 0.738 bits per heavy atom. The average molecular weight is 551 g/mol. The normalized spacial score (nSPS) is 15.4. The quantitative estimate of drug-likeness (QED) is 0.0839. The van der Waals surface area contributed by atoms with Crippen LogP contribution < -0.4 is 0 Å². The second-order valence-electron chi connectivity index (χ2n) is 10.6. The van der Waals surface area contributed by atoms with E-state index in [0.29, 0.717) is 11.8 Å². The van der Waals surface area contributed by atoms with E-state index in [1.165, 1.54) is 51.6 Å². The van der Waals surface area contributed by atoms with Gasteiger partial charge >= 0.3 is 0 Å².